The molecule has 17 heteroatoms. The molecule has 0 bridgehead atoms. The van der Waals surface area contributed by atoms with E-state index in [4.69, 9.17) is 20.5 Å². The van der Waals surface area contributed by atoms with Crippen LogP contribution in [0.3, 0.4) is 0 Å². The van der Waals surface area contributed by atoms with Gasteiger partial charge in [0, 0.05) is 52.9 Å². The van der Waals surface area contributed by atoms with Gasteiger partial charge in [0.2, 0.25) is 0 Å². The second kappa shape index (κ2) is 32.5. The van der Waals surface area contributed by atoms with Gasteiger partial charge >= 0.3 is 25.6 Å². The normalized spacial score (nSPS) is 13.7. The maximum Gasteiger partial charge on any atom is 3.00 e. The molecule has 228 valence electrons. The average Bonchev–Trinajstić information content (AvgIpc) is 2.88. The third kappa shape index (κ3) is 44.0. The number of rotatable bonds is 10. The van der Waals surface area contributed by atoms with Crippen molar-refractivity contribution in [3.63, 3.8) is 0 Å². The van der Waals surface area contributed by atoms with Crippen molar-refractivity contribution in [2.45, 2.75) is 60.8 Å². The second-order valence-electron chi connectivity index (χ2n) is 7.62. The van der Waals surface area contributed by atoms with Gasteiger partial charge in [-0.3, -0.25) is 0 Å². The molecule has 0 unspecified atom stereocenters. The van der Waals surface area contributed by atoms with E-state index in [-0.39, 0.29) is 17.4 Å². The molecule has 38 heavy (non-hydrogen) atoms. The molecule has 0 aromatic carbocycles. The van der Waals surface area contributed by atoms with Crippen LogP contribution >= 0.6 is 30.4 Å². The Balaban J connectivity index is -0.000000119. The summed E-state index contributed by atoms with van der Waals surface area (Å²) in [6.45, 7) is 14.3. The first-order valence-corrected chi connectivity index (χ1v) is 20.0. The fraction of sp³-hybridized carbons (Fsp3) is 1.00. The predicted molar refractivity (Wildman–Crippen MR) is 156 cm³/mol. The van der Waals surface area contributed by atoms with Crippen LogP contribution in [0, 0.1) is 0 Å². The van der Waals surface area contributed by atoms with Crippen LogP contribution in [0.15, 0.2) is 0 Å². The second-order valence-corrected chi connectivity index (χ2v) is 17.3. The summed E-state index contributed by atoms with van der Waals surface area (Å²) in [6, 6.07) is 0. The number of hydrogen-bond acceptors (Lipinski definition) is 12. The molecule has 0 aliphatic carbocycles. The molecule has 0 aromatic heterocycles. The Morgan fingerprint density at radius 1 is 0.658 bits per heavy atom. The van der Waals surface area contributed by atoms with Crippen molar-refractivity contribution in [3.8, 4) is 0 Å². The Morgan fingerprint density at radius 2 is 0.921 bits per heavy atom. The van der Waals surface area contributed by atoms with E-state index in [1.165, 1.54) is 0 Å². The summed E-state index contributed by atoms with van der Waals surface area (Å²) in [5.74, 6) is 0. The smallest absolute Gasteiger partial charge is 0.799 e. The molecular weight excluding hydrogens is 589 g/mol. The number of nitrogens with two attached hydrogens (primary N) is 2. The minimum Gasteiger partial charge on any atom is -0.799 e. The maximum absolute atomic E-state index is 10.5. The van der Waals surface area contributed by atoms with Crippen LogP contribution in [0.1, 0.15) is 60.8 Å². The van der Waals surface area contributed by atoms with E-state index in [2.05, 4.69) is 5.32 Å². The van der Waals surface area contributed by atoms with Gasteiger partial charge in [-0.05, 0) is 56.2 Å². The van der Waals surface area contributed by atoms with E-state index < -0.39 is 30.4 Å². The van der Waals surface area contributed by atoms with Crippen molar-refractivity contribution in [2.75, 3.05) is 76.4 Å². The van der Waals surface area contributed by atoms with Gasteiger partial charge in [0.25, 0.3) is 0 Å². The summed E-state index contributed by atoms with van der Waals surface area (Å²) in [5, 5.41) is 3.03. The SMILES string of the molecule is CCP(=O)([O-])CC.CCP(=O)([O-])CC.CCP(=O)([O-])CC.NCCNCCN.O=[P+]1OCCCCCO1.[Al+3]. The van der Waals surface area contributed by atoms with E-state index in [9.17, 15) is 32.9 Å². The summed E-state index contributed by atoms with van der Waals surface area (Å²) in [7, 11) is -10.5. The average molecular weight is 643 g/mol. The summed E-state index contributed by atoms with van der Waals surface area (Å²) in [4.78, 5) is 31.2. The van der Waals surface area contributed by atoms with Crippen molar-refractivity contribution in [3.05, 3.63) is 0 Å². The Labute approximate surface area is 243 Å². The Bertz CT molecular complexity index is 570. The monoisotopic (exact) mass is 642 g/mol. The Morgan fingerprint density at radius 3 is 1.11 bits per heavy atom. The molecule has 0 amide bonds. The third-order valence-electron chi connectivity index (χ3n) is 4.72. The van der Waals surface area contributed by atoms with Gasteiger partial charge in [0.1, 0.15) is 13.2 Å². The zero-order chi connectivity index (χ0) is 29.8. The van der Waals surface area contributed by atoms with Crippen LogP contribution < -0.4 is 31.5 Å². The first kappa shape index (κ1) is 48.7. The molecule has 0 saturated carbocycles. The first-order valence-electron chi connectivity index (χ1n) is 12.9. The van der Waals surface area contributed by atoms with Crippen LogP contribution in [0.4, 0.5) is 0 Å². The molecule has 1 heterocycles. The summed E-state index contributed by atoms with van der Waals surface area (Å²) in [5.41, 5.74) is 10.3. The largest absolute Gasteiger partial charge is 3.00 e. The van der Waals surface area contributed by atoms with Crippen LogP contribution in [-0.4, -0.2) is 93.7 Å². The van der Waals surface area contributed by atoms with Crippen LogP contribution in [0.2, 0.25) is 0 Å². The summed E-state index contributed by atoms with van der Waals surface area (Å²) in [6.07, 6.45) is 4.89. The van der Waals surface area contributed by atoms with Gasteiger partial charge in [-0.2, -0.15) is 0 Å². The van der Waals surface area contributed by atoms with Crippen molar-refractivity contribution < 1.29 is 42.0 Å². The van der Waals surface area contributed by atoms with Crippen LogP contribution in [-0.2, 0) is 27.3 Å². The predicted octanol–water partition coefficient (Wildman–Crippen LogP) is 1.97. The molecule has 0 radical (unpaired) electrons. The van der Waals surface area contributed by atoms with E-state index in [1.807, 2.05) is 0 Å². The topological polar surface area (TPSA) is 220 Å². The van der Waals surface area contributed by atoms with Crippen molar-refractivity contribution in [1.29, 1.82) is 0 Å². The summed E-state index contributed by atoms with van der Waals surface area (Å²) >= 11 is 0. The van der Waals surface area contributed by atoms with Crippen LogP contribution in [0.25, 0.3) is 0 Å². The van der Waals surface area contributed by atoms with E-state index >= 15 is 0 Å². The van der Waals surface area contributed by atoms with Gasteiger partial charge in [-0.15, -0.1) is 9.05 Å². The molecule has 5 N–H and O–H groups in total. The molecular formula is C21H53AlN3O9P4+. The van der Waals surface area contributed by atoms with E-state index in [0.29, 0.717) is 63.3 Å². The third-order valence-corrected chi connectivity index (χ3v) is 11.3. The quantitative estimate of drug-likeness (QED) is 0.177. The maximum atomic E-state index is 10.5. The van der Waals surface area contributed by atoms with Crippen LogP contribution in [0.5, 0.6) is 0 Å². The standard InChI is InChI=1S/C5H10O3P.C4H13N3.3C4H11O2P.Al/c6-9-7-4-2-1-3-5-8-9;5-1-3-7-4-2-6;3*1-3-7(5,6)4-2;/h1-5H2;7H,1-6H2;3*3-4H2,1-2H3,(H,5,6);/q+1;;;;;+3/p-3. The van der Waals surface area contributed by atoms with Gasteiger partial charge in [0.05, 0.1) is 0 Å². The molecule has 1 aliphatic rings. The Kier molecular flexibility index (Phi) is 41.7. The molecule has 12 nitrogen and oxygen atoms in total. The molecule has 1 rings (SSSR count). The minimum atomic E-state index is -2.90. The van der Waals surface area contributed by atoms with Crippen molar-refractivity contribution >= 4 is 47.7 Å². The minimum absolute atomic E-state index is 0. The van der Waals surface area contributed by atoms with Gasteiger partial charge in [-0.1, -0.05) is 41.5 Å². The molecule has 0 aromatic rings. The van der Waals surface area contributed by atoms with Gasteiger partial charge < -0.3 is 45.2 Å². The van der Waals surface area contributed by atoms with Crippen molar-refractivity contribution in [1.82, 2.24) is 5.32 Å². The molecule has 1 fully saturated rings. The number of hydrogen-bond donors (Lipinski definition) is 3. The Hall–Kier alpha value is 1.00. The summed E-state index contributed by atoms with van der Waals surface area (Å²) < 4.78 is 51.3. The first-order chi connectivity index (χ1) is 17.2. The fourth-order valence-corrected chi connectivity index (χ4v) is 3.67. The zero-order valence-corrected chi connectivity index (χ0v) is 29.0. The fourth-order valence-electron chi connectivity index (χ4n) is 1.70. The molecule has 0 spiro atoms. The van der Waals surface area contributed by atoms with Gasteiger partial charge in [0.15, 0.2) is 0 Å². The molecule has 0 atom stereocenters. The van der Waals surface area contributed by atoms with E-state index in [1.54, 1.807) is 41.5 Å². The van der Waals surface area contributed by atoms with E-state index in [0.717, 1.165) is 32.4 Å². The molecule has 1 aliphatic heterocycles. The number of nitrogens with one attached hydrogen (secondary N) is 1. The zero-order valence-electron chi connectivity index (χ0n) is 24.3. The van der Waals surface area contributed by atoms with Crippen molar-refractivity contribution in [2.24, 2.45) is 11.5 Å². The van der Waals surface area contributed by atoms with Gasteiger partial charge in [-0.25, -0.2) is 0 Å². The molecule has 1 saturated heterocycles.